The second-order valence-corrected chi connectivity index (χ2v) is 4.41. The van der Waals surface area contributed by atoms with Crippen molar-refractivity contribution in [3.8, 4) is 0 Å². The molecular weight excluding hydrogens is 192 g/mol. The summed E-state index contributed by atoms with van der Waals surface area (Å²) in [6.07, 6.45) is 3.83. The summed E-state index contributed by atoms with van der Waals surface area (Å²) in [5.74, 6) is 0.224. The lowest BCUT2D eigenvalue weighted by Gasteiger charge is -2.25. The third kappa shape index (κ3) is 1.52. The summed E-state index contributed by atoms with van der Waals surface area (Å²) in [5.41, 5.74) is 0.304. The molecule has 0 radical (unpaired) electrons. The lowest BCUT2D eigenvalue weighted by atomic mass is 9.87. The van der Waals surface area contributed by atoms with E-state index < -0.39 is 5.60 Å². The summed E-state index contributed by atoms with van der Waals surface area (Å²) in [6, 6.07) is 0. The first-order chi connectivity index (χ1) is 7.20. The number of hydrogen-bond acceptors (Lipinski definition) is 3. The summed E-state index contributed by atoms with van der Waals surface area (Å²) in [5, 5.41) is 6.90. The smallest absolute Gasteiger partial charge is 0.267 e. The SMILES string of the molecule is CCCNC(=O)C12CCCC1C(C)=NO2. The molecule has 2 aliphatic rings. The lowest BCUT2D eigenvalue weighted by molar-refractivity contribution is -0.146. The summed E-state index contributed by atoms with van der Waals surface area (Å²) < 4.78 is 0. The summed E-state index contributed by atoms with van der Waals surface area (Å²) in [4.78, 5) is 17.5. The Kier molecular flexibility index (Phi) is 2.67. The highest BCUT2D eigenvalue weighted by atomic mass is 16.7. The number of carbonyl (C=O) groups is 1. The van der Waals surface area contributed by atoms with E-state index >= 15 is 0 Å². The van der Waals surface area contributed by atoms with Crippen LogP contribution in [0.4, 0.5) is 0 Å². The molecule has 1 aliphatic carbocycles. The fourth-order valence-corrected chi connectivity index (χ4v) is 2.55. The number of hydrogen-bond donors (Lipinski definition) is 1. The van der Waals surface area contributed by atoms with Crippen molar-refractivity contribution in [2.24, 2.45) is 11.1 Å². The third-order valence-corrected chi connectivity index (χ3v) is 3.38. The highest BCUT2D eigenvalue weighted by molar-refractivity contribution is 5.97. The van der Waals surface area contributed by atoms with Crippen molar-refractivity contribution < 1.29 is 9.63 Å². The van der Waals surface area contributed by atoms with Crippen molar-refractivity contribution in [1.82, 2.24) is 5.32 Å². The largest absolute Gasteiger partial charge is 0.378 e. The number of carbonyl (C=O) groups excluding carboxylic acids is 1. The van der Waals surface area contributed by atoms with Crippen molar-refractivity contribution in [2.75, 3.05) is 6.54 Å². The molecule has 1 amide bonds. The lowest BCUT2D eigenvalue weighted by Crippen LogP contribution is -2.49. The molecule has 4 nitrogen and oxygen atoms in total. The van der Waals surface area contributed by atoms with Crippen LogP contribution in [0, 0.1) is 5.92 Å². The topological polar surface area (TPSA) is 50.7 Å². The zero-order chi connectivity index (χ0) is 10.9. The normalized spacial score (nSPS) is 33.2. The minimum Gasteiger partial charge on any atom is -0.378 e. The van der Waals surface area contributed by atoms with Crippen LogP contribution in [0.25, 0.3) is 0 Å². The Balaban J connectivity index is 2.10. The molecule has 0 aromatic heterocycles. The number of oxime groups is 1. The van der Waals surface area contributed by atoms with E-state index in [1.807, 2.05) is 13.8 Å². The quantitative estimate of drug-likeness (QED) is 0.766. The van der Waals surface area contributed by atoms with Crippen molar-refractivity contribution in [1.29, 1.82) is 0 Å². The van der Waals surface area contributed by atoms with E-state index in [0.717, 1.165) is 37.9 Å². The average Bonchev–Trinajstić information content (AvgIpc) is 2.77. The number of amides is 1. The third-order valence-electron chi connectivity index (χ3n) is 3.38. The molecule has 0 aromatic rings. The van der Waals surface area contributed by atoms with Crippen molar-refractivity contribution in [2.45, 2.75) is 45.1 Å². The fourth-order valence-electron chi connectivity index (χ4n) is 2.55. The Labute approximate surface area is 90.1 Å². The van der Waals surface area contributed by atoms with Gasteiger partial charge in [-0.05, 0) is 32.6 Å². The van der Waals surface area contributed by atoms with Crippen LogP contribution < -0.4 is 5.32 Å². The van der Waals surface area contributed by atoms with E-state index in [9.17, 15) is 4.79 Å². The van der Waals surface area contributed by atoms with Crippen LogP contribution in [0.2, 0.25) is 0 Å². The Bertz CT molecular complexity index is 301. The number of fused-ring (bicyclic) bond motifs is 1. The molecule has 1 saturated carbocycles. The summed E-state index contributed by atoms with van der Waals surface area (Å²) >= 11 is 0. The molecule has 0 saturated heterocycles. The van der Waals surface area contributed by atoms with Gasteiger partial charge in [-0.1, -0.05) is 12.1 Å². The zero-order valence-electron chi connectivity index (χ0n) is 9.38. The molecule has 1 N–H and O–H groups in total. The molecule has 84 valence electrons. The van der Waals surface area contributed by atoms with Crippen LogP contribution in [0.1, 0.15) is 39.5 Å². The van der Waals surface area contributed by atoms with Gasteiger partial charge in [0.1, 0.15) is 0 Å². The molecule has 15 heavy (non-hydrogen) atoms. The Morgan fingerprint density at radius 2 is 2.53 bits per heavy atom. The van der Waals surface area contributed by atoms with E-state index in [-0.39, 0.29) is 11.8 Å². The predicted molar refractivity (Wildman–Crippen MR) is 57.6 cm³/mol. The number of rotatable bonds is 3. The van der Waals surface area contributed by atoms with Gasteiger partial charge in [0.15, 0.2) is 0 Å². The number of nitrogens with one attached hydrogen (secondary N) is 1. The van der Waals surface area contributed by atoms with Gasteiger partial charge in [-0.25, -0.2) is 0 Å². The fraction of sp³-hybridized carbons (Fsp3) is 0.818. The standard InChI is InChI=1S/C11H18N2O2/c1-3-7-12-10(14)11-6-4-5-9(11)8(2)13-15-11/h9H,3-7H2,1-2H3,(H,12,14). The first-order valence-electron chi connectivity index (χ1n) is 5.71. The molecule has 2 rings (SSSR count). The van der Waals surface area contributed by atoms with Gasteiger partial charge in [-0.15, -0.1) is 0 Å². The van der Waals surface area contributed by atoms with Gasteiger partial charge < -0.3 is 10.2 Å². The van der Waals surface area contributed by atoms with E-state index in [2.05, 4.69) is 10.5 Å². The molecule has 4 heteroatoms. The zero-order valence-corrected chi connectivity index (χ0v) is 9.38. The maximum absolute atomic E-state index is 12.0. The molecular formula is C11H18N2O2. The molecule has 1 fully saturated rings. The van der Waals surface area contributed by atoms with E-state index in [0.29, 0.717) is 0 Å². The second-order valence-electron chi connectivity index (χ2n) is 4.41. The maximum Gasteiger partial charge on any atom is 0.267 e. The summed E-state index contributed by atoms with van der Waals surface area (Å²) in [7, 11) is 0. The van der Waals surface area contributed by atoms with Crippen LogP contribution in [-0.4, -0.2) is 23.8 Å². The Hall–Kier alpha value is -1.06. The van der Waals surface area contributed by atoms with Gasteiger partial charge in [0.25, 0.3) is 5.91 Å². The molecule has 1 aliphatic heterocycles. The second kappa shape index (κ2) is 3.83. The van der Waals surface area contributed by atoms with Gasteiger partial charge in [-0.2, -0.15) is 0 Å². The average molecular weight is 210 g/mol. The molecule has 2 atom stereocenters. The van der Waals surface area contributed by atoms with Gasteiger partial charge >= 0.3 is 0 Å². The van der Waals surface area contributed by atoms with Crippen molar-refractivity contribution in [3.63, 3.8) is 0 Å². The minimum absolute atomic E-state index is 0.0208. The highest BCUT2D eigenvalue weighted by Crippen LogP contribution is 2.43. The van der Waals surface area contributed by atoms with Gasteiger partial charge in [0.2, 0.25) is 5.60 Å². The minimum atomic E-state index is -0.667. The maximum atomic E-state index is 12.0. The van der Waals surface area contributed by atoms with Crippen molar-refractivity contribution >= 4 is 11.6 Å². The molecule has 0 aromatic carbocycles. The molecule has 0 spiro atoms. The monoisotopic (exact) mass is 210 g/mol. The Morgan fingerprint density at radius 1 is 1.73 bits per heavy atom. The van der Waals surface area contributed by atoms with Crippen LogP contribution in [0.15, 0.2) is 5.16 Å². The molecule has 0 bridgehead atoms. The van der Waals surface area contributed by atoms with Crippen LogP contribution in [0.3, 0.4) is 0 Å². The van der Waals surface area contributed by atoms with Gasteiger partial charge in [-0.3, -0.25) is 4.79 Å². The van der Waals surface area contributed by atoms with Crippen LogP contribution in [-0.2, 0) is 9.63 Å². The highest BCUT2D eigenvalue weighted by Gasteiger charge is 2.56. The van der Waals surface area contributed by atoms with Crippen molar-refractivity contribution in [3.05, 3.63) is 0 Å². The van der Waals surface area contributed by atoms with Crippen LogP contribution in [0.5, 0.6) is 0 Å². The first kappa shape index (κ1) is 10.5. The van der Waals surface area contributed by atoms with E-state index in [1.54, 1.807) is 0 Å². The van der Waals surface area contributed by atoms with Crippen LogP contribution >= 0.6 is 0 Å². The molecule has 1 heterocycles. The summed E-state index contributed by atoms with van der Waals surface area (Å²) in [6.45, 7) is 4.71. The van der Waals surface area contributed by atoms with E-state index in [4.69, 9.17) is 4.84 Å². The Morgan fingerprint density at radius 3 is 3.27 bits per heavy atom. The van der Waals surface area contributed by atoms with Gasteiger partial charge in [0, 0.05) is 6.54 Å². The van der Waals surface area contributed by atoms with E-state index in [1.165, 1.54) is 0 Å². The first-order valence-corrected chi connectivity index (χ1v) is 5.71. The number of nitrogens with zero attached hydrogens (tertiary/aromatic N) is 1. The van der Waals surface area contributed by atoms with Gasteiger partial charge in [0.05, 0.1) is 11.6 Å². The predicted octanol–water partition coefficient (Wildman–Crippen LogP) is 1.46. The molecule has 2 unspecified atom stereocenters.